The molecule has 0 spiro atoms. The molecule has 0 fully saturated rings. The van der Waals surface area contributed by atoms with Crippen molar-refractivity contribution in [2.24, 2.45) is 10.7 Å². The fourth-order valence-corrected chi connectivity index (χ4v) is 2.67. The fourth-order valence-electron chi connectivity index (χ4n) is 2.67. The van der Waals surface area contributed by atoms with Gasteiger partial charge in [0.2, 0.25) is 0 Å². The van der Waals surface area contributed by atoms with E-state index in [1.807, 2.05) is 36.5 Å². The maximum Gasteiger partial charge on any atom is 0.193 e. The van der Waals surface area contributed by atoms with Crippen molar-refractivity contribution in [2.75, 3.05) is 12.4 Å². The van der Waals surface area contributed by atoms with Crippen molar-refractivity contribution in [1.29, 1.82) is 0 Å². The smallest absolute Gasteiger partial charge is 0.193 e. The first-order valence-corrected chi connectivity index (χ1v) is 8.50. The summed E-state index contributed by atoms with van der Waals surface area (Å²) in [7, 11) is 1.62. The molecule has 27 heavy (non-hydrogen) atoms. The highest BCUT2D eigenvalue weighted by Gasteiger charge is 2.05. The third-order valence-electron chi connectivity index (χ3n) is 4.05. The number of imidazole rings is 1. The molecular formula is C20H24IN5O. The summed E-state index contributed by atoms with van der Waals surface area (Å²) in [5.74, 6) is 1.92. The van der Waals surface area contributed by atoms with Crippen LogP contribution in [-0.2, 0) is 19.5 Å². The van der Waals surface area contributed by atoms with Crippen molar-refractivity contribution in [1.82, 2.24) is 9.55 Å². The van der Waals surface area contributed by atoms with E-state index in [1.165, 1.54) is 5.56 Å². The van der Waals surface area contributed by atoms with Gasteiger partial charge in [-0.25, -0.2) is 9.98 Å². The highest BCUT2D eigenvalue weighted by molar-refractivity contribution is 14.0. The Morgan fingerprint density at radius 2 is 1.89 bits per heavy atom. The van der Waals surface area contributed by atoms with Crippen LogP contribution < -0.4 is 15.8 Å². The second-order valence-corrected chi connectivity index (χ2v) is 5.80. The van der Waals surface area contributed by atoms with Crippen LogP contribution >= 0.6 is 24.0 Å². The molecule has 0 aliphatic carbocycles. The van der Waals surface area contributed by atoms with Crippen LogP contribution in [0.5, 0.6) is 5.75 Å². The van der Waals surface area contributed by atoms with Crippen LogP contribution in [0.2, 0.25) is 0 Å². The largest absolute Gasteiger partial charge is 0.495 e. The molecule has 0 saturated carbocycles. The minimum absolute atomic E-state index is 0. The lowest BCUT2D eigenvalue weighted by atomic mass is 10.1. The van der Waals surface area contributed by atoms with Crippen LogP contribution in [0.1, 0.15) is 11.4 Å². The third-order valence-corrected chi connectivity index (χ3v) is 4.05. The number of para-hydroxylation sites is 2. The molecule has 3 aromatic rings. The van der Waals surface area contributed by atoms with Crippen molar-refractivity contribution in [3.63, 3.8) is 0 Å². The summed E-state index contributed by atoms with van der Waals surface area (Å²) in [5.41, 5.74) is 8.09. The molecule has 0 aliphatic heterocycles. The van der Waals surface area contributed by atoms with E-state index in [4.69, 9.17) is 10.5 Å². The zero-order valence-electron chi connectivity index (χ0n) is 15.2. The lowest BCUT2D eigenvalue weighted by Gasteiger charge is -2.10. The van der Waals surface area contributed by atoms with Crippen molar-refractivity contribution in [3.8, 4) is 5.75 Å². The average Bonchev–Trinajstić information content (AvgIpc) is 3.13. The number of benzene rings is 2. The summed E-state index contributed by atoms with van der Waals surface area (Å²) in [4.78, 5) is 8.79. The van der Waals surface area contributed by atoms with Gasteiger partial charge in [0, 0.05) is 18.9 Å². The van der Waals surface area contributed by atoms with Gasteiger partial charge in [0.05, 0.1) is 12.8 Å². The Balaban J connectivity index is 0.00000261. The van der Waals surface area contributed by atoms with Crippen LogP contribution in [0.15, 0.2) is 72.0 Å². The van der Waals surface area contributed by atoms with Crippen molar-refractivity contribution in [2.45, 2.75) is 19.5 Å². The van der Waals surface area contributed by atoms with Crippen molar-refractivity contribution in [3.05, 3.63) is 78.4 Å². The quantitative estimate of drug-likeness (QED) is 0.309. The molecule has 0 atom stereocenters. The minimum Gasteiger partial charge on any atom is -0.495 e. The number of hydrogen-bond donors (Lipinski definition) is 2. The Kier molecular flexibility index (Phi) is 8.12. The summed E-state index contributed by atoms with van der Waals surface area (Å²) in [5, 5.41) is 3.07. The predicted octanol–water partition coefficient (Wildman–Crippen LogP) is 3.68. The first-order chi connectivity index (χ1) is 12.8. The zero-order chi connectivity index (χ0) is 18.2. The van der Waals surface area contributed by atoms with E-state index >= 15 is 0 Å². The Morgan fingerprint density at radius 1 is 1.15 bits per heavy atom. The van der Waals surface area contributed by atoms with Crippen LogP contribution in [0.25, 0.3) is 0 Å². The van der Waals surface area contributed by atoms with E-state index < -0.39 is 0 Å². The van der Waals surface area contributed by atoms with Gasteiger partial charge in [-0.2, -0.15) is 0 Å². The number of hydrogen-bond acceptors (Lipinski definition) is 3. The highest BCUT2D eigenvalue weighted by Crippen LogP contribution is 2.22. The number of guanidine groups is 1. The number of anilines is 1. The Bertz CT molecular complexity index is 864. The lowest BCUT2D eigenvalue weighted by Crippen LogP contribution is -2.23. The topological polar surface area (TPSA) is 77.5 Å². The van der Waals surface area contributed by atoms with Gasteiger partial charge in [-0.05, 0) is 24.1 Å². The highest BCUT2D eigenvalue weighted by atomic mass is 127. The maximum absolute atomic E-state index is 6.01. The molecule has 2 aromatic carbocycles. The summed E-state index contributed by atoms with van der Waals surface area (Å²) >= 11 is 0. The Morgan fingerprint density at radius 3 is 2.67 bits per heavy atom. The van der Waals surface area contributed by atoms with Crippen LogP contribution in [-0.4, -0.2) is 22.6 Å². The third kappa shape index (κ3) is 5.99. The molecular weight excluding hydrogens is 453 g/mol. The molecule has 1 heterocycles. The van der Waals surface area contributed by atoms with Crippen LogP contribution in [0.3, 0.4) is 0 Å². The second-order valence-electron chi connectivity index (χ2n) is 5.80. The minimum atomic E-state index is 0. The van der Waals surface area contributed by atoms with Gasteiger partial charge in [0.1, 0.15) is 18.1 Å². The maximum atomic E-state index is 6.01. The fraction of sp³-hybridized carbons (Fsp3) is 0.200. The SMILES string of the molecule is COc1ccccc1NC(N)=NCc1nccn1CCc1ccccc1.I. The summed E-state index contributed by atoms with van der Waals surface area (Å²) in [6, 6.07) is 18.0. The second kappa shape index (κ2) is 10.6. The van der Waals surface area contributed by atoms with Gasteiger partial charge < -0.3 is 20.4 Å². The molecule has 0 bridgehead atoms. The number of aliphatic imine (C=N–C) groups is 1. The molecule has 1 aromatic heterocycles. The van der Waals surface area contributed by atoms with E-state index in [0.717, 1.165) is 30.2 Å². The van der Waals surface area contributed by atoms with Gasteiger partial charge in [-0.15, -0.1) is 24.0 Å². The number of aromatic nitrogens is 2. The average molecular weight is 477 g/mol. The molecule has 142 valence electrons. The summed E-state index contributed by atoms with van der Waals surface area (Å²) in [6.45, 7) is 1.27. The molecule has 6 nitrogen and oxygen atoms in total. The number of halogens is 1. The number of nitrogens with two attached hydrogens (primary N) is 1. The Labute approximate surface area is 176 Å². The molecule has 0 aliphatic rings. The van der Waals surface area contributed by atoms with Gasteiger partial charge in [-0.3, -0.25) is 0 Å². The number of nitrogens with one attached hydrogen (secondary N) is 1. The lowest BCUT2D eigenvalue weighted by molar-refractivity contribution is 0.417. The van der Waals surface area contributed by atoms with Gasteiger partial charge in [-0.1, -0.05) is 42.5 Å². The van der Waals surface area contributed by atoms with Gasteiger partial charge >= 0.3 is 0 Å². The first kappa shape index (κ1) is 20.8. The number of rotatable bonds is 7. The van der Waals surface area contributed by atoms with E-state index in [0.29, 0.717) is 12.5 Å². The van der Waals surface area contributed by atoms with Gasteiger partial charge in [0.25, 0.3) is 0 Å². The zero-order valence-corrected chi connectivity index (χ0v) is 17.5. The first-order valence-electron chi connectivity index (χ1n) is 8.50. The summed E-state index contributed by atoms with van der Waals surface area (Å²) in [6.07, 6.45) is 4.71. The number of ether oxygens (including phenoxy) is 1. The molecule has 3 N–H and O–H groups in total. The van der Waals surface area contributed by atoms with Crippen molar-refractivity contribution < 1.29 is 4.74 Å². The predicted molar refractivity (Wildman–Crippen MR) is 120 cm³/mol. The number of methoxy groups -OCH3 is 1. The van der Waals surface area contributed by atoms with Crippen LogP contribution in [0.4, 0.5) is 5.69 Å². The normalized spacial score (nSPS) is 10.9. The van der Waals surface area contributed by atoms with Gasteiger partial charge in [0.15, 0.2) is 5.96 Å². The van der Waals surface area contributed by atoms with E-state index in [1.54, 1.807) is 13.3 Å². The van der Waals surface area contributed by atoms with E-state index in [2.05, 4.69) is 44.1 Å². The molecule has 0 saturated heterocycles. The molecule has 0 radical (unpaired) electrons. The molecule has 3 rings (SSSR count). The molecule has 0 amide bonds. The van der Waals surface area contributed by atoms with E-state index in [-0.39, 0.29) is 24.0 Å². The van der Waals surface area contributed by atoms with E-state index in [9.17, 15) is 0 Å². The Hall–Kier alpha value is -2.55. The van der Waals surface area contributed by atoms with Crippen LogP contribution in [0, 0.1) is 0 Å². The standard InChI is InChI=1S/C20H23N5O.HI/c1-26-18-10-6-5-9-17(18)24-20(21)23-15-19-22-12-14-25(19)13-11-16-7-3-2-4-8-16;/h2-10,12,14H,11,13,15H2,1H3,(H3,21,23,24);1H. The molecule has 7 heteroatoms. The monoisotopic (exact) mass is 477 g/mol. The number of nitrogens with zero attached hydrogens (tertiary/aromatic N) is 3. The molecule has 0 unspecified atom stereocenters. The number of aryl methyl sites for hydroxylation is 2. The van der Waals surface area contributed by atoms with Crippen molar-refractivity contribution >= 4 is 35.6 Å². The summed E-state index contributed by atoms with van der Waals surface area (Å²) < 4.78 is 7.40.